The Kier molecular flexibility index (Phi) is 14.4. The van der Waals surface area contributed by atoms with Crippen molar-refractivity contribution in [2.75, 3.05) is 19.7 Å². The predicted octanol–water partition coefficient (Wildman–Crippen LogP) is -2.23. The molecular formula is C16H31NNaO5+. The zero-order valence-corrected chi connectivity index (χ0v) is 17.1. The Bertz CT molecular complexity index is 331. The summed E-state index contributed by atoms with van der Waals surface area (Å²) in [7, 11) is 0. The molecule has 130 valence electrons. The summed E-state index contributed by atoms with van der Waals surface area (Å²) in [6.45, 7) is 5.41. The number of carboxylic acid groups (broad SMARTS) is 2. The van der Waals surface area contributed by atoms with Crippen LogP contribution in [0, 0.1) is 0 Å². The molecule has 0 aromatic heterocycles. The molecule has 0 fully saturated rings. The molecule has 0 aliphatic heterocycles. The van der Waals surface area contributed by atoms with E-state index in [0.29, 0.717) is 6.54 Å². The van der Waals surface area contributed by atoms with Crippen molar-refractivity contribution in [3.63, 3.8) is 0 Å². The van der Waals surface area contributed by atoms with Crippen molar-refractivity contribution < 1.29 is 58.9 Å². The third-order valence-electron chi connectivity index (χ3n) is 4.69. The topological polar surface area (TPSA) is 97.7 Å². The predicted molar refractivity (Wildman–Crippen MR) is 82.0 cm³/mol. The first-order valence-corrected chi connectivity index (χ1v) is 8.24. The van der Waals surface area contributed by atoms with Gasteiger partial charge in [-0.05, 0) is 26.7 Å². The third kappa shape index (κ3) is 7.98. The Balaban J connectivity index is 0. The average Bonchev–Trinajstić information content (AvgIpc) is 2.47. The van der Waals surface area contributed by atoms with E-state index < -0.39 is 24.0 Å². The Morgan fingerprint density at radius 1 is 1.00 bits per heavy atom. The van der Waals surface area contributed by atoms with Gasteiger partial charge in [0.15, 0.2) is 6.04 Å². The number of aliphatic hydroxyl groups is 1. The number of unbranched alkanes of at least 4 members (excludes halogenated alkanes) is 5. The molecule has 0 radical (unpaired) electrons. The maximum atomic E-state index is 11.4. The molecule has 0 aliphatic rings. The number of hydrogen-bond donors (Lipinski definition) is 2. The molecule has 3 atom stereocenters. The van der Waals surface area contributed by atoms with E-state index in [4.69, 9.17) is 0 Å². The second-order valence-electron chi connectivity index (χ2n) is 6.05. The molecule has 0 heterocycles. The standard InChI is InChI=1S/C16H31NO5.Na/c1-4-5-6-7-8-9-10-17(11-12-18,13(2)15(19)20)14(3)16(21)22;/h13-14,18H,4-12H2,1-3H3,(H-,19,20,21,22);/q;+1. The van der Waals surface area contributed by atoms with Crippen molar-refractivity contribution in [2.24, 2.45) is 0 Å². The number of carbonyl (C=O) groups excluding carboxylic acids is 1. The second-order valence-corrected chi connectivity index (χ2v) is 6.05. The summed E-state index contributed by atoms with van der Waals surface area (Å²) in [4.78, 5) is 22.7. The number of aliphatic hydroxyl groups excluding tert-OH is 1. The molecule has 6 nitrogen and oxygen atoms in total. The average molecular weight is 340 g/mol. The number of carbonyl (C=O) groups is 2. The molecule has 23 heavy (non-hydrogen) atoms. The smallest absolute Gasteiger partial charge is 0.544 e. The Labute approximate surface area is 161 Å². The zero-order chi connectivity index (χ0) is 17.2. The molecule has 0 saturated carbocycles. The van der Waals surface area contributed by atoms with Crippen molar-refractivity contribution in [3.8, 4) is 0 Å². The maximum Gasteiger partial charge on any atom is 1.00 e. The number of aliphatic carboxylic acids is 2. The Hall–Kier alpha value is -0.140. The van der Waals surface area contributed by atoms with Gasteiger partial charge in [0.05, 0.1) is 19.1 Å². The van der Waals surface area contributed by atoms with Gasteiger partial charge in [0, 0.05) is 0 Å². The fourth-order valence-corrected chi connectivity index (χ4v) is 3.02. The number of quaternary nitrogens is 1. The zero-order valence-electron chi connectivity index (χ0n) is 15.1. The molecule has 0 aromatic carbocycles. The monoisotopic (exact) mass is 340 g/mol. The molecule has 7 heteroatoms. The minimum Gasteiger partial charge on any atom is -0.544 e. The Morgan fingerprint density at radius 3 is 1.96 bits per heavy atom. The summed E-state index contributed by atoms with van der Waals surface area (Å²) >= 11 is 0. The normalized spacial score (nSPS) is 16.0. The molecule has 0 spiro atoms. The van der Waals surface area contributed by atoms with E-state index in [1.54, 1.807) is 0 Å². The first-order chi connectivity index (χ1) is 10.3. The fraction of sp³-hybridized carbons (Fsp3) is 0.875. The van der Waals surface area contributed by atoms with Gasteiger partial charge < -0.3 is 24.6 Å². The van der Waals surface area contributed by atoms with Gasteiger partial charge in [0.25, 0.3) is 0 Å². The molecular weight excluding hydrogens is 309 g/mol. The largest absolute Gasteiger partial charge is 1.00 e. The van der Waals surface area contributed by atoms with Crippen LogP contribution in [0.5, 0.6) is 0 Å². The van der Waals surface area contributed by atoms with Gasteiger partial charge in [-0.1, -0.05) is 32.6 Å². The van der Waals surface area contributed by atoms with Crippen LogP contribution in [-0.2, 0) is 9.59 Å². The van der Waals surface area contributed by atoms with Gasteiger partial charge in [-0.2, -0.15) is 0 Å². The van der Waals surface area contributed by atoms with Crippen LogP contribution < -0.4 is 34.7 Å². The van der Waals surface area contributed by atoms with Crippen LogP contribution in [0.1, 0.15) is 59.3 Å². The van der Waals surface area contributed by atoms with Gasteiger partial charge >= 0.3 is 35.5 Å². The van der Waals surface area contributed by atoms with Crippen molar-refractivity contribution in [2.45, 2.75) is 71.4 Å². The van der Waals surface area contributed by atoms with Gasteiger partial charge in [-0.3, -0.25) is 0 Å². The summed E-state index contributed by atoms with van der Waals surface area (Å²) in [5, 5.41) is 30.0. The number of hydrogen-bond acceptors (Lipinski definition) is 4. The molecule has 0 saturated heterocycles. The SMILES string of the molecule is CCCCCCCC[N+](CCO)(C(C)C(=O)[O-])C(C)C(=O)O.[Na+]. The molecule has 2 N–H and O–H groups in total. The summed E-state index contributed by atoms with van der Waals surface area (Å²) in [5.74, 6) is -2.32. The number of nitrogens with zero attached hydrogens (tertiary/aromatic N) is 1. The fourth-order valence-electron chi connectivity index (χ4n) is 3.02. The summed E-state index contributed by atoms with van der Waals surface area (Å²) in [6.07, 6.45) is 6.23. The Morgan fingerprint density at radius 2 is 1.52 bits per heavy atom. The van der Waals surface area contributed by atoms with Gasteiger partial charge in [-0.25, -0.2) is 4.79 Å². The second kappa shape index (κ2) is 13.2. The van der Waals surface area contributed by atoms with Crippen LogP contribution in [0.4, 0.5) is 0 Å². The molecule has 3 unspecified atom stereocenters. The van der Waals surface area contributed by atoms with Crippen molar-refractivity contribution in [1.29, 1.82) is 0 Å². The maximum absolute atomic E-state index is 11.4. The van der Waals surface area contributed by atoms with Crippen LogP contribution in [0.15, 0.2) is 0 Å². The minimum absolute atomic E-state index is 0. The van der Waals surface area contributed by atoms with E-state index >= 15 is 0 Å². The van der Waals surface area contributed by atoms with Crippen molar-refractivity contribution in [1.82, 2.24) is 0 Å². The van der Waals surface area contributed by atoms with Gasteiger partial charge in [0.2, 0.25) is 0 Å². The molecule has 0 rings (SSSR count). The molecule has 0 aliphatic carbocycles. The quantitative estimate of drug-likeness (QED) is 0.225. The van der Waals surface area contributed by atoms with E-state index in [2.05, 4.69) is 6.92 Å². The molecule has 0 aromatic rings. The molecule has 0 bridgehead atoms. The van der Waals surface area contributed by atoms with E-state index in [1.165, 1.54) is 20.3 Å². The van der Waals surface area contributed by atoms with E-state index in [-0.39, 0.29) is 47.2 Å². The first kappa shape index (κ1) is 25.1. The van der Waals surface area contributed by atoms with Gasteiger partial charge in [0.1, 0.15) is 12.6 Å². The summed E-state index contributed by atoms with van der Waals surface area (Å²) < 4.78 is -0.165. The summed E-state index contributed by atoms with van der Waals surface area (Å²) in [6, 6.07) is -1.86. The van der Waals surface area contributed by atoms with E-state index in [9.17, 15) is 24.9 Å². The first-order valence-electron chi connectivity index (χ1n) is 8.24. The summed E-state index contributed by atoms with van der Waals surface area (Å²) in [5.41, 5.74) is 0. The number of rotatable bonds is 13. The van der Waals surface area contributed by atoms with E-state index in [1.807, 2.05) is 0 Å². The van der Waals surface area contributed by atoms with Crippen LogP contribution in [-0.4, -0.2) is 58.4 Å². The molecule has 0 amide bonds. The van der Waals surface area contributed by atoms with Crippen molar-refractivity contribution >= 4 is 11.9 Å². The van der Waals surface area contributed by atoms with Crippen molar-refractivity contribution in [3.05, 3.63) is 0 Å². The number of carboxylic acids is 2. The minimum atomic E-state index is -1.27. The van der Waals surface area contributed by atoms with Crippen LogP contribution in [0.3, 0.4) is 0 Å². The third-order valence-corrected chi connectivity index (χ3v) is 4.69. The van der Waals surface area contributed by atoms with Crippen LogP contribution >= 0.6 is 0 Å². The van der Waals surface area contributed by atoms with E-state index in [0.717, 1.165) is 32.1 Å². The van der Waals surface area contributed by atoms with Gasteiger partial charge in [-0.15, -0.1) is 0 Å². The van der Waals surface area contributed by atoms with Crippen LogP contribution in [0.2, 0.25) is 0 Å². The van der Waals surface area contributed by atoms with Crippen LogP contribution in [0.25, 0.3) is 0 Å².